The lowest BCUT2D eigenvalue weighted by atomic mass is 10.1. The summed E-state index contributed by atoms with van der Waals surface area (Å²) in [6.07, 6.45) is -2.85. The highest BCUT2D eigenvalue weighted by Gasteiger charge is 2.35. The van der Waals surface area contributed by atoms with Gasteiger partial charge in [-0.2, -0.15) is 22.5 Å². The Morgan fingerprint density at radius 1 is 1.21 bits per heavy atom. The third-order valence-corrected chi connectivity index (χ3v) is 3.56. The fourth-order valence-electron chi connectivity index (χ4n) is 1.84. The molecular weight excluding hydrogens is 282 g/mol. The molecule has 0 aliphatic heterocycles. The van der Waals surface area contributed by atoms with E-state index in [0.29, 0.717) is 16.9 Å². The zero-order valence-electron chi connectivity index (χ0n) is 9.12. The summed E-state index contributed by atoms with van der Waals surface area (Å²) in [4.78, 5) is 8.89. The second-order valence-electron chi connectivity index (χ2n) is 3.76. The number of rotatable bonds is 1. The molecule has 1 N–H and O–H groups in total. The molecule has 0 saturated heterocycles. The summed E-state index contributed by atoms with van der Waals surface area (Å²) >= 11 is 0.591. The Kier molecular flexibility index (Phi) is 2.56. The highest BCUT2D eigenvalue weighted by Crippen LogP contribution is 2.42. The van der Waals surface area contributed by atoms with E-state index in [4.69, 9.17) is 0 Å². The van der Waals surface area contributed by atoms with Crippen molar-refractivity contribution in [2.24, 2.45) is 0 Å². The van der Waals surface area contributed by atoms with Crippen molar-refractivity contribution in [2.75, 3.05) is 0 Å². The molecule has 0 atom stereocenters. The molecule has 0 aliphatic rings. The molecular formula is C11H5F4N3S. The minimum absolute atomic E-state index is 0.0122. The zero-order valence-corrected chi connectivity index (χ0v) is 9.94. The number of halogens is 4. The van der Waals surface area contributed by atoms with E-state index in [1.54, 1.807) is 0 Å². The lowest BCUT2D eigenvalue weighted by Gasteiger charge is -2.06. The Balaban J connectivity index is 2.26. The lowest BCUT2D eigenvalue weighted by Crippen LogP contribution is -2.03. The van der Waals surface area contributed by atoms with Crippen molar-refractivity contribution in [2.45, 2.75) is 6.18 Å². The van der Waals surface area contributed by atoms with Crippen LogP contribution in [-0.4, -0.2) is 15.0 Å². The van der Waals surface area contributed by atoms with Crippen molar-refractivity contribution in [3.05, 3.63) is 34.8 Å². The van der Waals surface area contributed by atoms with Crippen LogP contribution < -0.4 is 0 Å². The maximum atomic E-state index is 13.0. The molecule has 3 aromatic heterocycles. The van der Waals surface area contributed by atoms with Crippen molar-refractivity contribution in [3.8, 4) is 11.1 Å². The molecule has 0 aliphatic carbocycles. The maximum absolute atomic E-state index is 13.0. The summed E-state index contributed by atoms with van der Waals surface area (Å²) in [7, 11) is 0. The van der Waals surface area contributed by atoms with Crippen LogP contribution in [0.5, 0.6) is 0 Å². The minimum atomic E-state index is -4.45. The van der Waals surface area contributed by atoms with E-state index in [2.05, 4.69) is 15.0 Å². The second kappa shape index (κ2) is 4.02. The molecule has 3 nitrogen and oxygen atoms in total. The van der Waals surface area contributed by atoms with Gasteiger partial charge in [-0.1, -0.05) is 0 Å². The number of nitrogens with one attached hydrogen (secondary N) is 1. The molecule has 0 aromatic carbocycles. The number of alkyl halides is 3. The van der Waals surface area contributed by atoms with E-state index in [-0.39, 0.29) is 16.6 Å². The first-order chi connectivity index (χ1) is 8.97. The van der Waals surface area contributed by atoms with Gasteiger partial charge in [0.25, 0.3) is 0 Å². The first-order valence-electron chi connectivity index (χ1n) is 5.11. The van der Waals surface area contributed by atoms with E-state index in [0.717, 1.165) is 0 Å². The summed E-state index contributed by atoms with van der Waals surface area (Å²) in [6.45, 7) is 0. The van der Waals surface area contributed by atoms with Crippen LogP contribution >= 0.6 is 11.3 Å². The molecule has 3 heterocycles. The van der Waals surface area contributed by atoms with Crippen LogP contribution in [0.15, 0.2) is 23.8 Å². The number of H-pyrrole nitrogens is 1. The van der Waals surface area contributed by atoms with Crippen LogP contribution in [0, 0.1) is 6.08 Å². The zero-order chi connectivity index (χ0) is 13.6. The third-order valence-electron chi connectivity index (χ3n) is 2.60. The van der Waals surface area contributed by atoms with Crippen LogP contribution in [-0.2, 0) is 6.18 Å². The van der Waals surface area contributed by atoms with Gasteiger partial charge in [0, 0.05) is 17.3 Å². The molecule has 3 aromatic rings. The maximum Gasteiger partial charge on any atom is 0.426 e. The van der Waals surface area contributed by atoms with E-state index in [1.807, 2.05) is 0 Å². The fourth-order valence-corrected chi connectivity index (χ4v) is 2.61. The molecule has 0 fully saturated rings. The molecule has 0 spiro atoms. The standard InChI is InChI=1S/C11H5F4N3S/c12-10-17-4-7-8(18-10)6(3-16-7)5-1-2-19-9(5)11(13,14)15/h1-4,16H. The smallest absolute Gasteiger partial charge is 0.358 e. The van der Waals surface area contributed by atoms with Crippen LogP contribution in [0.1, 0.15) is 4.88 Å². The normalized spacial score (nSPS) is 12.2. The third kappa shape index (κ3) is 1.97. The number of fused-ring (bicyclic) bond motifs is 1. The van der Waals surface area contributed by atoms with Crippen molar-refractivity contribution < 1.29 is 17.6 Å². The summed E-state index contributed by atoms with van der Waals surface area (Å²) in [5.74, 6) is 0. The number of hydrogen-bond donors (Lipinski definition) is 1. The quantitative estimate of drug-likeness (QED) is 0.545. The van der Waals surface area contributed by atoms with Crippen molar-refractivity contribution in [3.63, 3.8) is 0 Å². The predicted molar refractivity (Wildman–Crippen MR) is 62.2 cm³/mol. The summed E-state index contributed by atoms with van der Waals surface area (Å²) in [5, 5.41) is 1.34. The lowest BCUT2D eigenvalue weighted by molar-refractivity contribution is -0.133. The topological polar surface area (TPSA) is 41.6 Å². The van der Waals surface area contributed by atoms with Crippen molar-refractivity contribution in [1.29, 1.82) is 0 Å². The molecule has 0 unspecified atom stereocenters. The molecule has 0 bridgehead atoms. The Labute approximate surface area is 107 Å². The number of aromatic nitrogens is 3. The summed E-state index contributed by atoms with van der Waals surface area (Å²) < 4.78 is 51.6. The first-order valence-corrected chi connectivity index (χ1v) is 5.99. The number of nitrogens with zero attached hydrogens (tertiary/aromatic N) is 2. The van der Waals surface area contributed by atoms with Gasteiger partial charge < -0.3 is 4.98 Å². The Morgan fingerprint density at radius 3 is 2.74 bits per heavy atom. The fraction of sp³-hybridized carbons (Fsp3) is 0.0909. The summed E-state index contributed by atoms with van der Waals surface area (Å²) in [6, 6.07) is 1.34. The van der Waals surface area contributed by atoms with Gasteiger partial charge in [-0.05, 0) is 11.4 Å². The predicted octanol–water partition coefficient (Wildman–Crippen LogP) is 3.84. The molecule has 0 saturated carbocycles. The molecule has 3 rings (SSSR count). The SMILES string of the molecule is Fc1ncc2[nH]cc(-c3ccsc3C(F)(F)F)c2n1. The van der Waals surface area contributed by atoms with Crippen LogP contribution in [0.2, 0.25) is 0 Å². The van der Waals surface area contributed by atoms with Gasteiger partial charge >= 0.3 is 12.3 Å². The Bertz CT molecular complexity index is 744. The van der Waals surface area contributed by atoms with Gasteiger partial charge in [0.15, 0.2) is 0 Å². The number of hydrogen-bond acceptors (Lipinski definition) is 3. The highest BCUT2D eigenvalue weighted by atomic mass is 32.1. The molecule has 19 heavy (non-hydrogen) atoms. The van der Waals surface area contributed by atoms with Crippen LogP contribution in [0.4, 0.5) is 17.6 Å². The van der Waals surface area contributed by atoms with Gasteiger partial charge in [0.2, 0.25) is 0 Å². The number of aromatic amines is 1. The largest absolute Gasteiger partial charge is 0.426 e. The van der Waals surface area contributed by atoms with Crippen LogP contribution in [0.25, 0.3) is 22.2 Å². The van der Waals surface area contributed by atoms with Gasteiger partial charge in [-0.3, -0.25) is 0 Å². The van der Waals surface area contributed by atoms with Gasteiger partial charge in [-0.15, -0.1) is 11.3 Å². The molecule has 0 amide bonds. The Hall–Kier alpha value is -1.96. The van der Waals surface area contributed by atoms with Gasteiger partial charge in [0.05, 0.1) is 11.7 Å². The molecule has 8 heteroatoms. The molecule has 98 valence electrons. The van der Waals surface area contributed by atoms with E-state index in [9.17, 15) is 17.6 Å². The van der Waals surface area contributed by atoms with E-state index >= 15 is 0 Å². The first kappa shape index (κ1) is 12.1. The van der Waals surface area contributed by atoms with Crippen molar-refractivity contribution >= 4 is 22.4 Å². The van der Waals surface area contributed by atoms with Crippen molar-refractivity contribution in [1.82, 2.24) is 15.0 Å². The van der Waals surface area contributed by atoms with Gasteiger partial charge in [0.1, 0.15) is 10.4 Å². The highest BCUT2D eigenvalue weighted by molar-refractivity contribution is 7.10. The van der Waals surface area contributed by atoms with E-state index in [1.165, 1.54) is 23.8 Å². The van der Waals surface area contributed by atoms with Gasteiger partial charge in [-0.25, -0.2) is 4.98 Å². The minimum Gasteiger partial charge on any atom is -0.358 e. The second-order valence-corrected chi connectivity index (χ2v) is 4.68. The van der Waals surface area contributed by atoms with E-state index < -0.39 is 17.1 Å². The average Bonchev–Trinajstić information content (AvgIpc) is 2.91. The number of thiophene rings is 1. The average molecular weight is 287 g/mol. The van der Waals surface area contributed by atoms with Crippen LogP contribution in [0.3, 0.4) is 0 Å². The molecule has 0 radical (unpaired) electrons. The monoisotopic (exact) mass is 287 g/mol. The summed E-state index contributed by atoms with van der Waals surface area (Å²) in [5.41, 5.74) is 0.721. The Morgan fingerprint density at radius 2 is 2.00 bits per heavy atom.